The molecule has 104 valence electrons. The second kappa shape index (κ2) is 5.22. The fourth-order valence-corrected chi connectivity index (χ4v) is 3.55. The summed E-state index contributed by atoms with van der Waals surface area (Å²) in [4.78, 5) is 2.60. The van der Waals surface area contributed by atoms with Gasteiger partial charge >= 0.3 is 0 Å². The summed E-state index contributed by atoms with van der Waals surface area (Å²) in [7, 11) is 1.70. The molecule has 2 saturated heterocycles. The number of rotatable bonds is 3. The van der Waals surface area contributed by atoms with Crippen molar-refractivity contribution >= 4 is 17.3 Å². The Bertz CT molecular complexity index is 477. The summed E-state index contributed by atoms with van der Waals surface area (Å²) in [6, 6.07) is 5.23. The van der Waals surface area contributed by atoms with Gasteiger partial charge in [0, 0.05) is 29.7 Å². The van der Waals surface area contributed by atoms with Crippen molar-refractivity contribution in [2.24, 2.45) is 0 Å². The zero-order valence-corrected chi connectivity index (χ0v) is 12.3. The monoisotopic (exact) mass is 280 g/mol. The standard InChI is InChI=1S/C15H21ClN2O/c1-10-8-13(15(19-2)9-11(10)16)17-12-5-7-18-6-3-4-14(12)18/h8-9,12,14,17H,3-7H2,1-2H3. The van der Waals surface area contributed by atoms with Crippen molar-refractivity contribution in [3.8, 4) is 5.75 Å². The molecule has 2 atom stereocenters. The van der Waals surface area contributed by atoms with Gasteiger partial charge in [-0.2, -0.15) is 0 Å². The first-order chi connectivity index (χ1) is 9.19. The van der Waals surface area contributed by atoms with Crippen molar-refractivity contribution in [3.05, 3.63) is 22.7 Å². The number of fused-ring (bicyclic) bond motifs is 1. The maximum atomic E-state index is 6.15. The molecule has 0 saturated carbocycles. The number of methoxy groups -OCH3 is 1. The van der Waals surface area contributed by atoms with Gasteiger partial charge in [-0.25, -0.2) is 0 Å². The number of ether oxygens (including phenoxy) is 1. The molecule has 0 radical (unpaired) electrons. The molecule has 19 heavy (non-hydrogen) atoms. The number of nitrogens with zero attached hydrogens (tertiary/aromatic N) is 1. The third-order valence-electron chi connectivity index (χ3n) is 4.43. The van der Waals surface area contributed by atoms with Crippen LogP contribution in [0.2, 0.25) is 5.02 Å². The molecule has 2 fully saturated rings. The van der Waals surface area contributed by atoms with Crippen molar-refractivity contribution in [2.75, 3.05) is 25.5 Å². The molecule has 1 aromatic rings. The molecule has 3 rings (SSSR count). The van der Waals surface area contributed by atoms with Crippen LogP contribution in [0.25, 0.3) is 0 Å². The van der Waals surface area contributed by atoms with E-state index in [2.05, 4.69) is 16.3 Å². The molecule has 2 heterocycles. The van der Waals surface area contributed by atoms with Gasteiger partial charge in [0.05, 0.1) is 12.8 Å². The van der Waals surface area contributed by atoms with Crippen molar-refractivity contribution in [1.29, 1.82) is 0 Å². The first-order valence-electron chi connectivity index (χ1n) is 7.04. The van der Waals surface area contributed by atoms with Gasteiger partial charge in [-0.15, -0.1) is 0 Å². The molecule has 2 unspecified atom stereocenters. The van der Waals surface area contributed by atoms with Crippen LogP contribution < -0.4 is 10.1 Å². The van der Waals surface area contributed by atoms with Crippen LogP contribution in [-0.4, -0.2) is 37.2 Å². The van der Waals surface area contributed by atoms with Crippen LogP contribution in [0.15, 0.2) is 12.1 Å². The predicted octanol–water partition coefficient (Wildman–Crippen LogP) is 3.31. The summed E-state index contributed by atoms with van der Waals surface area (Å²) < 4.78 is 5.44. The number of aryl methyl sites for hydroxylation is 1. The molecule has 1 N–H and O–H groups in total. The van der Waals surface area contributed by atoms with Crippen molar-refractivity contribution in [2.45, 2.75) is 38.3 Å². The minimum atomic E-state index is 0.539. The van der Waals surface area contributed by atoms with Crippen molar-refractivity contribution in [1.82, 2.24) is 4.90 Å². The first kappa shape index (κ1) is 13.1. The summed E-state index contributed by atoms with van der Waals surface area (Å²) >= 11 is 6.15. The first-order valence-corrected chi connectivity index (χ1v) is 7.41. The zero-order chi connectivity index (χ0) is 13.4. The normalized spacial score (nSPS) is 26.5. The van der Waals surface area contributed by atoms with E-state index in [1.165, 1.54) is 32.4 Å². The Labute approximate surface area is 119 Å². The van der Waals surface area contributed by atoms with Gasteiger partial charge in [-0.3, -0.25) is 4.90 Å². The van der Waals surface area contributed by atoms with Crippen LogP contribution in [0.4, 0.5) is 5.69 Å². The lowest BCUT2D eigenvalue weighted by Gasteiger charge is -2.23. The minimum absolute atomic E-state index is 0.539. The molecule has 2 aliphatic rings. The largest absolute Gasteiger partial charge is 0.495 e. The van der Waals surface area contributed by atoms with Gasteiger partial charge in [-0.1, -0.05) is 11.6 Å². The van der Waals surface area contributed by atoms with Crippen LogP contribution >= 0.6 is 11.6 Å². The highest BCUT2D eigenvalue weighted by molar-refractivity contribution is 6.31. The number of nitrogens with one attached hydrogen (secondary N) is 1. The third-order valence-corrected chi connectivity index (χ3v) is 4.83. The van der Waals surface area contributed by atoms with Crippen LogP contribution in [0.5, 0.6) is 5.75 Å². The lowest BCUT2D eigenvalue weighted by molar-refractivity contribution is 0.318. The lowest BCUT2D eigenvalue weighted by Crippen LogP contribution is -2.33. The molecule has 0 bridgehead atoms. The second-order valence-corrected chi connectivity index (χ2v) is 5.99. The Morgan fingerprint density at radius 2 is 2.16 bits per heavy atom. The van der Waals surface area contributed by atoms with E-state index in [1.54, 1.807) is 7.11 Å². The van der Waals surface area contributed by atoms with Crippen molar-refractivity contribution in [3.63, 3.8) is 0 Å². The van der Waals surface area contributed by atoms with Gasteiger partial charge in [0.1, 0.15) is 5.75 Å². The Kier molecular flexibility index (Phi) is 3.59. The van der Waals surface area contributed by atoms with Gasteiger partial charge < -0.3 is 10.1 Å². The molecule has 4 heteroatoms. The number of hydrogen-bond acceptors (Lipinski definition) is 3. The molecule has 3 nitrogen and oxygen atoms in total. The zero-order valence-electron chi connectivity index (χ0n) is 11.6. The summed E-state index contributed by atoms with van der Waals surface area (Å²) in [6.45, 7) is 4.51. The van der Waals surface area contributed by atoms with E-state index >= 15 is 0 Å². The smallest absolute Gasteiger partial charge is 0.143 e. The predicted molar refractivity (Wildman–Crippen MR) is 79.4 cm³/mol. The van der Waals surface area contributed by atoms with E-state index in [0.29, 0.717) is 12.1 Å². The second-order valence-electron chi connectivity index (χ2n) is 5.59. The summed E-state index contributed by atoms with van der Waals surface area (Å²) in [5.41, 5.74) is 2.16. The fourth-order valence-electron chi connectivity index (χ4n) is 3.40. The number of halogens is 1. The van der Waals surface area contributed by atoms with E-state index in [4.69, 9.17) is 16.3 Å². The summed E-state index contributed by atoms with van der Waals surface area (Å²) in [6.07, 6.45) is 3.86. The van der Waals surface area contributed by atoms with Crippen LogP contribution in [0.1, 0.15) is 24.8 Å². The van der Waals surface area contributed by atoms with E-state index in [-0.39, 0.29) is 0 Å². The highest BCUT2D eigenvalue weighted by Gasteiger charge is 2.37. The highest BCUT2D eigenvalue weighted by Crippen LogP contribution is 2.35. The molecular formula is C15H21ClN2O. The van der Waals surface area contributed by atoms with Crippen LogP contribution in [0, 0.1) is 6.92 Å². The SMILES string of the molecule is COc1cc(Cl)c(C)cc1NC1CCN2CCCC12. The molecule has 2 aliphatic heterocycles. The molecular weight excluding hydrogens is 260 g/mol. The Morgan fingerprint density at radius 1 is 1.32 bits per heavy atom. The molecule has 0 spiro atoms. The number of benzene rings is 1. The minimum Gasteiger partial charge on any atom is -0.495 e. The maximum absolute atomic E-state index is 6.15. The molecule has 0 aliphatic carbocycles. The van der Waals surface area contributed by atoms with E-state index in [1.807, 2.05) is 13.0 Å². The van der Waals surface area contributed by atoms with Crippen molar-refractivity contribution < 1.29 is 4.74 Å². The highest BCUT2D eigenvalue weighted by atomic mass is 35.5. The fraction of sp³-hybridized carbons (Fsp3) is 0.600. The quantitative estimate of drug-likeness (QED) is 0.919. The van der Waals surface area contributed by atoms with Gasteiger partial charge in [0.25, 0.3) is 0 Å². The van der Waals surface area contributed by atoms with Gasteiger partial charge in [0.2, 0.25) is 0 Å². The van der Waals surface area contributed by atoms with Gasteiger partial charge in [0.15, 0.2) is 0 Å². The average Bonchev–Trinajstić information content (AvgIpc) is 2.98. The van der Waals surface area contributed by atoms with Crippen LogP contribution in [-0.2, 0) is 0 Å². The Hall–Kier alpha value is -0.930. The molecule has 0 amide bonds. The number of anilines is 1. The number of hydrogen-bond donors (Lipinski definition) is 1. The topological polar surface area (TPSA) is 24.5 Å². The van der Waals surface area contributed by atoms with Gasteiger partial charge in [-0.05, 0) is 44.4 Å². The summed E-state index contributed by atoms with van der Waals surface area (Å²) in [5, 5.41) is 4.44. The third kappa shape index (κ3) is 2.41. The average molecular weight is 281 g/mol. The Balaban J connectivity index is 1.81. The summed E-state index contributed by atoms with van der Waals surface area (Å²) in [5.74, 6) is 0.840. The Morgan fingerprint density at radius 3 is 2.95 bits per heavy atom. The van der Waals surface area contributed by atoms with E-state index in [9.17, 15) is 0 Å². The van der Waals surface area contributed by atoms with E-state index in [0.717, 1.165) is 22.0 Å². The maximum Gasteiger partial charge on any atom is 0.143 e. The van der Waals surface area contributed by atoms with Crippen LogP contribution in [0.3, 0.4) is 0 Å². The molecule has 0 aromatic heterocycles. The lowest BCUT2D eigenvalue weighted by atomic mass is 10.1. The molecule has 1 aromatic carbocycles. The van der Waals surface area contributed by atoms with E-state index < -0.39 is 0 Å².